The van der Waals surface area contributed by atoms with Crippen molar-refractivity contribution in [2.75, 3.05) is 13.2 Å². The second kappa shape index (κ2) is 7.96. The van der Waals surface area contributed by atoms with Crippen LogP contribution in [0.15, 0.2) is 53.0 Å². The van der Waals surface area contributed by atoms with Crippen LogP contribution in [0.5, 0.6) is 5.75 Å². The second-order valence-corrected chi connectivity index (χ2v) is 5.69. The monoisotopic (exact) mass is 382 g/mol. The van der Waals surface area contributed by atoms with Gasteiger partial charge >= 0.3 is 5.97 Å². The van der Waals surface area contributed by atoms with Crippen LogP contribution in [-0.4, -0.2) is 25.0 Å². The van der Waals surface area contributed by atoms with Crippen LogP contribution < -0.4 is 4.74 Å². The van der Waals surface area contributed by atoms with Crippen molar-refractivity contribution in [3.05, 3.63) is 63.6 Å². The molecule has 0 saturated carbocycles. The number of hydrogen-bond donors (Lipinski definition) is 0. The molecule has 0 fully saturated rings. The summed E-state index contributed by atoms with van der Waals surface area (Å²) < 4.78 is 11.0. The predicted octanol–water partition coefficient (Wildman–Crippen LogP) is 3.91. The summed E-state index contributed by atoms with van der Waals surface area (Å²) in [5.41, 5.74) is 0.481. The Bertz CT molecular complexity index is 653. The Morgan fingerprint density at radius 1 is 0.955 bits per heavy atom. The number of hydrogen-bond acceptors (Lipinski definition) is 4. The lowest BCUT2D eigenvalue weighted by atomic mass is 10.1. The van der Waals surface area contributed by atoms with E-state index in [0.717, 1.165) is 4.47 Å². The third-order valence-electron chi connectivity index (χ3n) is 2.70. The van der Waals surface area contributed by atoms with Crippen LogP contribution in [0.2, 0.25) is 5.02 Å². The average Bonchev–Trinajstić information content (AvgIpc) is 2.52. The zero-order chi connectivity index (χ0) is 15.9. The molecule has 0 amide bonds. The van der Waals surface area contributed by atoms with Gasteiger partial charge in [0.25, 0.3) is 0 Å². The first-order valence-electron chi connectivity index (χ1n) is 6.37. The molecule has 0 unspecified atom stereocenters. The Morgan fingerprint density at radius 2 is 1.59 bits per heavy atom. The molecule has 22 heavy (non-hydrogen) atoms. The highest BCUT2D eigenvalue weighted by molar-refractivity contribution is 9.10. The lowest BCUT2D eigenvalue weighted by Crippen LogP contribution is -2.19. The summed E-state index contributed by atoms with van der Waals surface area (Å²) in [7, 11) is 0. The molecule has 0 atom stereocenters. The molecule has 0 radical (unpaired) electrons. The molecule has 114 valence electrons. The van der Waals surface area contributed by atoms with Crippen molar-refractivity contribution in [1.82, 2.24) is 0 Å². The Hall–Kier alpha value is -1.85. The van der Waals surface area contributed by atoms with Crippen molar-refractivity contribution in [2.24, 2.45) is 0 Å². The maximum absolute atomic E-state index is 11.8. The van der Waals surface area contributed by atoms with Crippen molar-refractivity contribution in [2.45, 2.75) is 0 Å². The van der Waals surface area contributed by atoms with Crippen LogP contribution in [-0.2, 0) is 9.53 Å². The third kappa shape index (κ3) is 5.16. The number of halogens is 2. The van der Waals surface area contributed by atoms with Gasteiger partial charge in [0.1, 0.15) is 5.75 Å². The molecule has 0 aliphatic heterocycles. The van der Waals surface area contributed by atoms with Gasteiger partial charge in [0, 0.05) is 15.1 Å². The summed E-state index contributed by atoms with van der Waals surface area (Å²) in [5.74, 6) is -0.381. The van der Waals surface area contributed by atoms with E-state index in [9.17, 15) is 9.59 Å². The van der Waals surface area contributed by atoms with Crippen LogP contribution in [0.1, 0.15) is 10.4 Å². The van der Waals surface area contributed by atoms with Crippen LogP contribution in [0.25, 0.3) is 0 Å². The molecule has 2 rings (SSSR count). The average molecular weight is 384 g/mol. The molecule has 0 aliphatic carbocycles. The zero-order valence-electron chi connectivity index (χ0n) is 11.4. The largest absolute Gasteiger partial charge is 0.482 e. The van der Waals surface area contributed by atoms with Gasteiger partial charge in [-0.05, 0) is 36.4 Å². The van der Waals surface area contributed by atoms with E-state index in [1.807, 2.05) is 0 Å². The smallest absolute Gasteiger partial charge is 0.344 e. The van der Waals surface area contributed by atoms with Crippen molar-refractivity contribution >= 4 is 39.3 Å². The van der Waals surface area contributed by atoms with E-state index in [2.05, 4.69) is 15.9 Å². The van der Waals surface area contributed by atoms with Gasteiger partial charge in [0.05, 0.1) is 0 Å². The van der Waals surface area contributed by atoms with E-state index in [-0.39, 0.29) is 19.0 Å². The fraction of sp³-hybridized carbons (Fsp3) is 0.125. The van der Waals surface area contributed by atoms with Gasteiger partial charge in [-0.15, -0.1) is 0 Å². The summed E-state index contributed by atoms with van der Waals surface area (Å²) in [4.78, 5) is 23.4. The lowest BCUT2D eigenvalue weighted by Gasteiger charge is -2.07. The van der Waals surface area contributed by atoms with E-state index in [1.54, 1.807) is 48.5 Å². The number of rotatable bonds is 6. The van der Waals surface area contributed by atoms with E-state index >= 15 is 0 Å². The maximum Gasteiger partial charge on any atom is 0.344 e. The minimum Gasteiger partial charge on any atom is -0.482 e. The summed E-state index contributed by atoms with van der Waals surface area (Å²) in [6.45, 7) is -0.584. The maximum atomic E-state index is 11.8. The van der Waals surface area contributed by atoms with Gasteiger partial charge in [-0.2, -0.15) is 0 Å². The quantitative estimate of drug-likeness (QED) is 0.561. The molecule has 0 N–H and O–H groups in total. The van der Waals surface area contributed by atoms with E-state index in [1.165, 1.54) is 0 Å². The van der Waals surface area contributed by atoms with Crippen LogP contribution in [0.4, 0.5) is 0 Å². The molecule has 0 spiro atoms. The standard InChI is InChI=1S/C16H12BrClO4/c17-12-3-1-11(2-4-12)15(19)9-22-16(20)10-21-14-7-5-13(18)6-8-14/h1-8H,9-10H2. The van der Waals surface area contributed by atoms with Crippen molar-refractivity contribution in [1.29, 1.82) is 0 Å². The number of ether oxygens (including phenoxy) is 2. The Morgan fingerprint density at radius 3 is 2.23 bits per heavy atom. The SMILES string of the molecule is O=C(COc1ccc(Cl)cc1)OCC(=O)c1ccc(Br)cc1. The first kappa shape index (κ1) is 16.5. The van der Waals surface area contributed by atoms with Crippen LogP contribution in [0.3, 0.4) is 0 Å². The number of esters is 1. The molecule has 0 bridgehead atoms. The van der Waals surface area contributed by atoms with Crippen molar-refractivity contribution in [3.63, 3.8) is 0 Å². The molecule has 0 heterocycles. The van der Waals surface area contributed by atoms with Crippen LogP contribution >= 0.6 is 27.5 Å². The predicted molar refractivity (Wildman–Crippen MR) is 86.4 cm³/mol. The number of Topliss-reactive ketones (excluding diaryl/α,β-unsaturated/α-hetero) is 1. The molecule has 0 aromatic heterocycles. The molecule has 6 heteroatoms. The zero-order valence-corrected chi connectivity index (χ0v) is 13.8. The second-order valence-electron chi connectivity index (χ2n) is 4.33. The summed E-state index contributed by atoms with van der Waals surface area (Å²) in [6, 6.07) is 13.4. The molecule has 4 nitrogen and oxygen atoms in total. The fourth-order valence-electron chi connectivity index (χ4n) is 1.58. The van der Waals surface area contributed by atoms with Gasteiger partial charge in [0.15, 0.2) is 19.0 Å². The van der Waals surface area contributed by atoms with Gasteiger partial charge in [0.2, 0.25) is 0 Å². The van der Waals surface area contributed by atoms with E-state index < -0.39 is 5.97 Å². The minimum atomic E-state index is -0.611. The Labute approximate surface area is 141 Å². The number of carbonyl (C=O) groups is 2. The topological polar surface area (TPSA) is 52.6 Å². The van der Waals surface area contributed by atoms with E-state index in [0.29, 0.717) is 16.3 Å². The third-order valence-corrected chi connectivity index (χ3v) is 3.48. The Balaban J connectivity index is 1.76. The number of ketones is 1. The first-order valence-corrected chi connectivity index (χ1v) is 7.54. The highest BCUT2D eigenvalue weighted by Gasteiger charge is 2.10. The summed E-state index contributed by atoms with van der Waals surface area (Å²) >= 11 is 9.02. The lowest BCUT2D eigenvalue weighted by molar-refractivity contribution is -0.144. The first-order chi connectivity index (χ1) is 10.5. The summed E-state index contributed by atoms with van der Waals surface area (Å²) in [5, 5.41) is 0.579. The molecule has 0 aliphatic rings. The van der Waals surface area contributed by atoms with Gasteiger partial charge < -0.3 is 9.47 Å². The van der Waals surface area contributed by atoms with Crippen molar-refractivity contribution < 1.29 is 19.1 Å². The van der Waals surface area contributed by atoms with Crippen LogP contribution in [0, 0.1) is 0 Å². The Kier molecular flexibility index (Phi) is 5.98. The van der Waals surface area contributed by atoms with E-state index in [4.69, 9.17) is 21.1 Å². The number of carbonyl (C=O) groups excluding carboxylic acids is 2. The summed E-state index contributed by atoms with van der Waals surface area (Å²) in [6.07, 6.45) is 0. The van der Waals surface area contributed by atoms with Crippen molar-refractivity contribution in [3.8, 4) is 5.75 Å². The van der Waals surface area contributed by atoms with Gasteiger partial charge in [-0.3, -0.25) is 4.79 Å². The number of benzene rings is 2. The molecule has 0 saturated heterocycles. The molecular formula is C16H12BrClO4. The van der Waals surface area contributed by atoms with Gasteiger partial charge in [-0.25, -0.2) is 4.79 Å². The minimum absolute atomic E-state index is 0.269. The molecule has 2 aromatic carbocycles. The molecular weight excluding hydrogens is 372 g/mol. The normalized spacial score (nSPS) is 10.1. The van der Waals surface area contributed by atoms with Gasteiger partial charge in [-0.1, -0.05) is 39.7 Å². The molecule has 2 aromatic rings. The highest BCUT2D eigenvalue weighted by Crippen LogP contribution is 2.15. The fourth-order valence-corrected chi connectivity index (χ4v) is 1.97. The highest BCUT2D eigenvalue weighted by atomic mass is 79.9.